The normalized spacial score (nSPS) is 12.2. The summed E-state index contributed by atoms with van der Waals surface area (Å²) < 4.78 is 0. The van der Waals surface area contributed by atoms with Crippen molar-refractivity contribution in [1.82, 2.24) is 4.90 Å². The van der Waals surface area contributed by atoms with Crippen LogP contribution in [0.2, 0.25) is 0 Å². The number of aliphatic carboxylic acids is 1. The second-order valence-electron chi connectivity index (χ2n) is 5.91. The second-order valence-corrected chi connectivity index (χ2v) is 5.91. The lowest BCUT2D eigenvalue weighted by Crippen LogP contribution is -2.38. The van der Waals surface area contributed by atoms with Gasteiger partial charge in [-0.05, 0) is 17.9 Å². The lowest BCUT2D eigenvalue weighted by Gasteiger charge is -2.25. The maximum absolute atomic E-state index is 12.3. The smallest absolute Gasteiger partial charge is 0.308 e. The van der Waals surface area contributed by atoms with Gasteiger partial charge in [0.05, 0.1) is 5.92 Å². The van der Waals surface area contributed by atoms with Crippen LogP contribution in [0.1, 0.15) is 32.8 Å². The summed E-state index contributed by atoms with van der Waals surface area (Å²) in [4.78, 5) is 25.0. The van der Waals surface area contributed by atoms with Crippen LogP contribution in [0.5, 0.6) is 0 Å². The Morgan fingerprint density at radius 2 is 1.76 bits per heavy atom. The minimum Gasteiger partial charge on any atom is -0.481 e. The second kappa shape index (κ2) is 8.45. The largest absolute Gasteiger partial charge is 0.481 e. The highest BCUT2D eigenvalue weighted by atomic mass is 16.4. The topological polar surface area (TPSA) is 57.6 Å². The molecule has 1 amide bonds. The van der Waals surface area contributed by atoms with Crippen molar-refractivity contribution in [2.45, 2.75) is 33.6 Å². The third-order valence-corrected chi connectivity index (χ3v) is 3.36. The molecule has 0 aliphatic rings. The molecule has 0 aliphatic heterocycles. The van der Waals surface area contributed by atoms with Gasteiger partial charge in [0.1, 0.15) is 0 Å². The molecular formula is C17H25NO3. The van der Waals surface area contributed by atoms with E-state index in [0.717, 1.165) is 12.0 Å². The van der Waals surface area contributed by atoms with Crippen LogP contribution in [0.15, 0.2) is 30.3 Å². The van der Waals surface area contributed by atoms with Crippen LogP contribution in [-0.4, -0.2) is 35.0 Å². The molecule has 1 aromatic rings. The number of rotatable bonds is 8. The van der Waals surface area contributed by atoms with E-state index < -0.39 is 11.9 Å². The fourth-order valence-electron chi connectivity index (χ4n) is 2.11. The van der Waals surface area contributed by atoms with Crippen molar-refractivity contribution in [1.29, 1.82) is 0 Å². The minimum absolute atomic E-state index is 0.0361. The molecule has 0 spiro atoms. The molecule has 0 aromatic heterocycles. The molecule has 1 atom stereocenters. The lowest BCUT2D eigenvalue weighted by atomic mass is 10.1. The summed E-state index contributed by atoms with van der Waals surface area (Å²) in [6.07, 6.45) is 1.21. The number of hydrogen-bond acceptors (Lipinski definition) is 2. The van der Waals surface area contributed by atoms with Gasteiger partial charge in [0, 0.05) is 19.5 Å². The van der Waals surface area contributed by atoms with Crippen molar-refractivity contribution in [3.63, 3.8) is 0 Å². The Labute approximate surface area is 126 Å². The number of carboxylic acid groups (broad SMARTS) is 1. The summed E-state index contributed by atoms with van der Waals surface area (Å²) in [6.45, 7) is 6.46. The predicted octanol–water partition coefficient (Wildman–Crippen LogP) is 2.82. The zero-order valence-corrected chi connectivity index (χ0v) is 13.1. The molecule has 1 rings (SSSR count). The van der Waals surface area contributed by atoms with E-state index >= 15 is 0 Å². The predicted molar refractivity (Wildman–Crippen MR) is 83.0 cm³/mol. The Balaban J connectivity index is 2.66. The third-order valence-electron chi connectivity index (χ3n) is 3.36. The van der Waals surface area contributed by atoms with Crippen molar-refractivity contribution in [2.24, 2.45) is 11.8 Å². The molecule has 0 heterocycles. The van der Waals surface area contributed by atoms with Gasteiger partial charge in [0.2, 0.25) is 5.91 Å². The number of benzene rings is 1. The van der Waals surface area contributed by atoms with E-state index in [0.29, 0.717) is 13.0 Å². The van der Waals surface area contributed by atoms with E-state index in [9.17, 15) is 9.59 Å². The Hall–Kier alpha value is -1.84. The van der Waals surface area contributed by atoms with Gasteiger partial charge in [-0.3, -0.25) is 9.59 Å². The van der Waals surface area contributed by atoms with Crippen molar-refractivity contribution >= 4 is 11.9 Å². The number of carboxylic acids is 1. The van der Waals surface area contributed by atoms with E-state index in [4.69, 9.17) is 5.11 Å². The number of carbonyl (C=O) groups excluding carboxylic acids is 1. The van der Waals surface area contributed by atoms with Crippen LogP contribution in [0.4, 0.5) is 0 Å². The lowest BCUT2D eigenvalue weighted by molar-refractivity contribution is -0.143. The van der Waals surface area contributed by atoms with Gasteiger partial charge < -0.3 is 10.0 Å². The average Bonchev–Trinajstić information content (AvgIpc) is 2.43. The molecule has 1 aromatic carbocycles. The molecule has 21 heavy (non-hydrogen) atoms. The van der Waals surface area contributed by atoms with E-state index in [-0.39, 0.29) is 18.4 Å². The summed E-state index contributed by atoms with van der Waals surface area (Å²) in [5.41, 5.74) is 1.16. The first-order chi connectivity index (χ1) is 9.90. The molecule has 0 fully saturated rings. The minimum atomic E-state index is -0.864. The number of hydrogen-bond donors (Lipinski definition) is 1. The molecule has 1 N–H and O–H groups in total. The zero-order chi connectivity index (χ0) is 15.8. The van der Waals surface area contributed by atoms with Crippen LogP contribution in [0, 0.1) is 11.8 Å². The van der Waals surface area contributed by atoms with Crippen LogP contribution in [0.3, 0.4) is 0 Å². The van der Waals surface area contributed by atoms with E-state index in [2.05, 4.69) is 0 Å². The SMILES string of the molecule is CC(C)CC(=O)N(CCc1ccccc1)CC(C)C(=O)O. The molecule has 1 unspecified atom stereocenters. The van der Waals surface area contributed by atoms with Crippen LogP contribution in [0.25, 0.3) is 0 Å². The van der Waals surface area contributed by atoms with Crippen molar-refractivity contribution in [2.75, 3.05) is 13.1 Å². The maximum Gasteiger partial charge on any atom is 0.308 e. The summed E-state index contributed by atoms with van der Waals surface area (Å²) in [7, 11) is 0. The first-order valence-electron chi connectivity index (χ1n) is 7.44. The van der Waals surface area contributed by atoms with Crippen molar-refractivity contribution in [3.05, 3.63) is 35.9 Å². The van der Waals surface area contributed by atoms with Gasteiger partial charge >= 0.3 is 5.97 Å². The van der Waals surface area contributed by atoms with E-state index in [1.165, 1.54) is 0 Å². The fourth-order valence-corrected chi connectivity index (χ4v) is 2.11. The highest BCUT2D eigenvalue weighted by Crippen LogP contribution is 2.10. The Kier molecular flexibility index (Phi) is 6.92. The molecule has 4 nitrogen and oxygen atoms in total. The monoisotopic (exact) mass is 291 g/mol. The van der Waals surface area contributed by atoms with Gasteiger partial charge in [-0.25, -0.2) is 0 Å². The van der Waals surface area contributed by atoms with Gasteiger partial charge in [0.25, 0.3) is 0 Å². The molecule has 0 saturated carbocycles. The summed E-state index contributed by atoms with van der Waals surface area (Å²) >= 11 is 0. The Morgan fingerprint density at radius 1 is 1.14 bits per heavy atom. The van der Waals surface area contributed by atoms with Gasteiger partial charge in [-0.1, -0.05) is 51.1 Å². The Morgan fingerprint density at radius 3 is 2.29 bits per heavy atom. The van der Waals surface area contributed by atoms with E-state index in [1.54, 1.807) is 11.8 Å². The maximum atomic E-state index is 12.3. The van der Waals surface area contributed by atoms with Crippen LogP contribution < -0.4 is 0 Å². The van der Waals surface area contributed by atoms with Crippen molar-refractivity contribution < 1.29 is 14.7 Å². The number of nitrogens with zero attached hydrogens (tertiary/aromatic N) is 1. The van der Waals surface area contributed by atoms with Gasteiger partial charge in [0.15, 0.2) is 0 Å². The highest BCUT2D eigenvalue weighted by molar-refractivity contribution is 5.77. The third kappa shape index (κ3) is 6.43. The first kappa shape index (κ1) is 17.2. The molecule has 0 aliphatic carbocycles. The van der Waals surface area contributed by atoms with Crippen LogP contribution >= 0.6 is 0 Å². The van der Waals surface area contributed by atoms with Crippen LogP contribution in [-0.2, 0) is 16.0 Å². The van der Waals surface area contributed by atoms with Gasteiger partial charge in [-0.2, -0.15) is 0 Å². The average molecular weight is 291 g/mol. The zero-order valence-electron chi connectivity index (χ0n) is 13.1. The molecule has 4 heteroatoms. The standard InChI is InChI=1S/C17H25NO3/c1-13(2)11-16(19)18(12-14(3)17(20)21)10-9-15-7-5-4-6-8-15/h4-8,13-14H,9-12H2,1-3H3,(H,20,21). The summed E-state index contributed by atoms with van der Waals surface area (Å²) in [5, 5.41) is 9.04. The first-order valence-corrected chi connectivity index (χ1v) is 7.44. The molecule has 0 saturated heterocycles. The fraction of sp³-hybridized carbons (Fsp3) is 0.529. The molecule has 0 radical (unpaired) electrons. The van der Waals surface area contributed by atoms with Crippen molar-refractivity contribution in [3.8, 4) is 0 Å². The quantitative estimate of drug-likeness (QED) is 0.801. The van der Waals surface area contributed by atoms with E-state index in [1.807, 2.05) is 44.2 Å². The molecular weight excluding hydrogens is 266 g/mol. The van der Waals surface area contributed by atoms with Gasteiger partial charge in [-0.15, -0.1) is 0 Å². The summed E-state index contributed by atoms with van der Waals surface area (Å²) in [5.74, 6) is -1.10. The summed E-state index contributed by atoms with van der Waals surface area (Å²) in [6, 6.07) is 9.93. The Bertz CT molecular complexity index is 456. The number of carbonyl (C=O) groups is 2. The molecule has 116 valence electrons. The molecule has 0 bridgehead atoms. The number of amides is 1. The highest BCUT2D eigenvalue weighted by Gasteiger charge is 2.20.